The maximum atomic E-state index is 5.59. The molecule has 2 aromatic heterocycles. The van der Waals surface area contributed by atoms with Crippen LogP contribution in [0.25, 0.3) is 0 Å². The number of nitrogens with zero attached hydrogens (tertiary/aromatic N) is 3. The van der Waals surface area contributed by atoms with E-state index < -0.39 is 0 Å². The van der Waals surface area contributed by atoms with E-state index in [1.165, 1.54) is 0 Å². The number of hydrogen-bond donors (Lipinski definition) is 3. The molecule has 7 heteroatoms. The van der Waals surface area contributed by atoms with Gasteiger partial charge in [-0.05, 0) is 26.2 Å². The molecule has 1 fully saturated rings. The molecule has 0 saturated heterocycles. The van der Waals surface area contributed by atoms with Crippen LogP contribution in [-0.2, 0) is 0 Å². The number of aromatic nitrogens is 3. The molecule has 1 aliphatic rings. The average Bonchev–Trinajstić information content (AvgIpc) is 3.21. The highest BCUT2D eigenvalue weighted by Crippen LogP contribution is 2.40. The second-order valence-corrected chi connectivity index (χ2v) is 6.22. The summed E-state index contributed by atoms with van der Waals surface area (Å²) < 4.78 is 0. The van der Waals surface area contributed by atoms with Crippen molar-refractivity contribution in [3.63, 3.8) is 0 Å². The van der Waals surface area contributed by atoms with E-state index in [4.69, 9.17) is 10.8 Å². The van der Waals surface area contributed by atoms with Crippen molar-refractivity contribution < 1.29 is 0 Å². The van der Waals surface area contributed by atoms with Crippen molar-refractivity contribution in [2.45, 2.75) is 45.1 Å². The fraction of sp³-hybridized carbons (Fsp3) is 0.500. The molecule has 0 amide bonds. The Morgan fingerprint density at radius 3 is 2.71 bits per heavy atom. The summed E-state index contributed by atoms with van der Waals surface area (Å²) >= 11 is 1.66. The van der Waals surface area contributed by atoms with Crippen molar-refractivity contribution in [3.8, 4) is 0 Å². The molecular weight excluding hydrogens is 284 g/mol. The molecule has 2 heterocycles. The highest BCUT2D eigenvalue weighted by atomic mass is 32.1. The van der Waals surface area contributed by atoms with Gasteiger partial charge in [-0.3, -0.25) is 0 Å². The Hall–Kier alpha value is -1.73. The van der Waals surface area contributed by atoms with Gasteiger partial charge >= 0.3 is 0 Å². The summed E-state index contributed by atoms with van der Waals surface area (Å²) in [7, 11) is 0. The predicted molar refractivity (Wildman–Crippen MR) is 85.3 cm³/mol. The van der Waals surface area contributed by atoms with Crippen LogP contribution in [0, 0.1) is 6.92 Å². The lowest BCUT2D eigenvalue weighted by Gasteiger charge is -2.18. The summed E-state index contributed by atoms with van der Waals surface area (Å²) in [4.78, 5) is 13.6. The van der Waals surface area contributed by atoms with E-state index >= 15 is 0 Å². The molecule has 112 valence electrons. The monoisotopic (exact) mass is 304 g/mol. The van der Waals surface area contributed by atoms with E-state index in [2.05, 4.69) is 27.6 Å². The van der Waals surface area contributed by atoms with Gasteiger partial charge in [0.15, 0.2) is 0 Å². The quantitative estimate of drug-likeness (QED) is 0.561. The number of nitrogen functional groups attached to an aromatic ring is 1. The lowest BCUT2D eigenvalue weighted by atomic mass is 10.2. The Morgan fingerprint density at radius 2 is 2.14 bits per heavy atom. The Balaban J connectivity index is 1.91. The first kappa shape index (κ1) is 14.2. The zero-order chi connectivity index (χ0) is 14.8. The minimum Gasteiger partial charge on any atom is -0.360 e. The van der Waals surface area contributed by atoms with E-state index in [1.54, 1.807) is 11.3 Å². The van der Waals surface area contributed by atoms with Crippen LogP contribution < -0.4 is 16.6 Å². The zero-order valence-corrected chi connectivity index (χ0v) is 13.1. The normalized spacial score (nSPS) is 15.8. The van der Waals surface area contributed by atoms with Gasteiger partial charge in [-0.15, -0.1) is 11.3 Å². The molecule has 6 nitrogen and oxygen atoms in total. The van der Waals surface area contributed by atoms with E-state index in [0.29, 0.717) is 11.7 Å². The van der Waals surface area contributed by atoms with Gasteiger partial charge in [0.2, 0.25) is 0 Å². The van der Waals surface area contributed by atoms with Gasteiger partial charge < -0.3 is 10.7 Å². The van der Waals surface area contributed by atoms with Crippen LogP contribution in [0.15, 0.2) is 11.6 Å². The number of nitrogens with two attached hydrogens (primary N) is 1. The molecule has 1 aliphatic carbocycles. The summed E-state index contributed by atoms with van der Waals surface area (Å²) in [5, 5.41) is 6.57. The minimum absolute atomic E-state index is 0.163. The predicted octanol–water partition coefficient (Wildman–Crippen LogP) is 2.97. The smallest absolute Gasteiger partial charge is 0.148 e. The van der Waals surface area contributed by atoms with Crippen LogP contribution >= 0.6 is 11.3 Å². The van der Waals surface area contributed by atoms with Crippen molar-refractivity contribution in [1.82, 2.24) is 15.0 Å². The number of rotatable bonds is 6. The summed E-state index contributed by atoms with van der Waals surface area (Å²) in [6.45, 7) is 4.11. The molecule has 21 heavy (non-hydrogen) atoms. The number of thiazole rings is 1. The average molecular weight is 304 g/mol. The van der Waals surface area contributed by atoms with E-state index in [-0.39, 0.29) is 6.04 Å². The highest BCUT2D eigenvalue weighted by molar-refractivity contribution is 7.09. The molecule has 3 rings (SSSR count). The third-order valence-corrected chi connectivity index (χ3v) is 4.60. The van der Waals surface area contributed by atoms with Crippen LogP contribution in [0.4, 0.5) is 11.6 Å². The third kappa shape index (κ3) is 2.98. The SMILES string of the molecule is CCC(Nc1nc(C2CC2)nc(NN)c1C)c1nccs1. The molecular formula is C14H20N6S. The number of anilines is 2. The van der Waals surface area contributed by atoms with Gasteiger partial charge in [0.05, 0.1) is 6.04 Å². The molecule has 0 spiro atoms. The van der Waals surface area contributed by atoms with Crippen molar-refractivity contribution in [3.05, 3.63) is 28.0 Å². The molecule has 0 aliphatic heterocycles. The fourth-order valence-electron chi connectivity index (χ4n) is 2.25. The molecule has 0 bridgehead atoms. The van der Waals surface area contributed by atoms with Gasteiger partial charge in [0.25, 0.3) is 0 Å². The Morgan fingerprint density at radius 1 is 1.38 bits per heavy atom. The van der Waals surface area contributed by atoms with Gasteiger partial charge in [-0.1, -0.05) is 6.92 Å². The summed E-state index contributed by atoms with van der Waals surface area (Å²) in [5.41, 5.74) is 3.62. The maximum absolute atomic E-state index is 5.59. The van der Waals surface area contributed by atoms with Crippen molar-refractivity contribution in [2.24, 2.45) is 5.84 Å². The zero-order valence-electron chi connectivity index (χ0n) is 12.3. The van der Waals surface area contributed by atoms with Crippen molar-refractivity contribution >= 4 is 23.0 Å². The number of hydrazine groups is 1. The van der Waals surface area contributed by atoms with Gasteiger partial charge in [-0.25, -0.2) is 20.8 Å². The molecule has 4 N–H and O–H groups in total. The fourth-order valence-corrected chi connectivity index (χ4v) is 3.02. The van der Waals surface area contributed by atoms with Gasteiger partial charge in [-0.2, -0.15) is 0 Å². The van der Waals surface area contributed by atoms with Gasteiger partial charge in [0.1, 0.15) is 22.5 Å². The first-order chi connectivity index (χ1) is 10.2. The molecule has 2 aromatic rings. The third-order valence-electron chi connectivity index (χ3n) is 3.71. The largest absolute Gasteiger partial charge is 0.360 e. The minimum atomic E-state index is 0.163. The lowest BCUT2D eigenvalue weighted by molar-refractivity contribution is 0.732. The summed E-state index contributed by atoms with van der Waals surface area (Å²) in [5.74, 6) is 8.50. The topological polar surface area (TPSA) is 88.8 Å². The standard InChI is InChI=1S/C14H20N6S/c1-3-10(14-16-6-7-21-14)17-11-8(2)12(20-15)19-13(18-11)9-4-5-9/h6-7,9-10H,3-5,15H2,1-2H3,(H2,17,18,19,20). The highest BCUT2D eigenvalue weighted by Gasteiger charge is 2.28. The second-order valence-electron chi connectivity index (χ2n) is 5.30. The number of hydrogen-bond acceptors (Lipinski definition) is 7. The van der Waals surface area contributed by atoms with E-state index in [1.807, 2.05) is 18.5 Å². The van der Waals surface area contributed by atoms with E-state index in [9.17, 15) is 0 Å². The Kier molecular flexibility index (Phi) is 4.03. The van der Waals surface area contributed by atoms with Crippen LogP contribution in [0.1, 0.15) is 54.5 Å². The van der Waals surface area contributed by atoms with Crippen LogP contribution in [0.3, 0.4) is 0 Å². The van der Waals surface area contributed by atoms with Crippen molar-refractivity contribution in [1.29, 1.82) is 0 Å². The second kappa shape index (κ2) is 5.95. The van der Waals surface area contributed by atoms with Crippen LogP contribution in [0.5, 0.6) is 0 Å². The lowest BCUT2D eigenvalue weighted by Crippen LogP contribution is -2.17. The summed E-state index contributed by atoms with van der Waals surface area (Å²) in [6, 6.07) is 0.163. The van der Waals surface area contributed by atoms with Crippen LogP contribution in [0.2, 0.25) is 0 Å². The van der Waals surface area contributed by atoms with Crippen molar-refractivity contribution in [2.75, 3.05) is 10.7 Å². The molecule has 0 aromatic carbocycles. The molecule has 1 unspecified atom stereocenters. The molecule has 1 atom stereocenters. The van der Waals surface area contributed by atoms with Crippen LogP contribution in [-0.4, -0.2) is 15.0 Å². The maximum Gasteiger partial charge on any atom is 0.148 e. The van der Waals surface area contributed by atoms with Gasteiger partial charge in [0, 0.05) is 23.1 Å². The first-order valence-electron chi connectivity index (χ1n) is 7.24. The first-order valence-corrected chi connectivity index (χ1v) is 8.12. The molecule has 1 saturated carbocycles. The molecule has 0 radical (unpaired) electrons. The Bertz CT molecular complexity index is 608. The Labute approximate surface area is 128 Å². The van der Waals surface area contributed by atoms with E-state index in [0.717, 1.165) is 41.5 Å². The summed E-state index contributed by atoms with van der Waals surface area (Å²) in [6.07, 6.45) is 5.10. The number of nitrogens with one attached hydrogen (secondary N) is 2.